The van der Waals surface area contributed by atoms with E-state index in [2.05, 4.69) is 137 Å². The fourth-order valence-corrected chi connectivity index (χ4v) is 5.44. The van der Waals surface area contributed by atoms with Gasteiger partial charge in [0.1, 0.15) is 12.4 Å². The molecule has 0 spiro atoms. The molecule has 0 aromatic heterocycles. The quantitative estimate of drug-likeness (QED) is 0.204. The molecule has 0 atom stereocenters. The molecule has 0 aliphatic rings. The summed E-state index contributed by atoms with van der Waals surface area (Å²) >= 11 is 3.91. The normalized spacial score (nSPS) is 10.9. The third kappa shape index (κ3) is 4.94. The van der Waals surface area contributed by atoms with E-state index in [4.69, 9.17) is 4.74 Å². The minimum atomic E-state index is 0.495. The number of ether oxygens (including phenoxy) is 1. The Morgan fingerprint density at radius 3 is 1.62 bits per heavy atom. The van der Waals surface area contributed by atoms with Crippen LogP contribution in [-0.4, -0.2) is 0 Å². The summed E-state index contributed by atoms with van der Waals surface area (Å²) < 4.78 is 7.54. The number of hydrogen-bond acceptors (Lipinski definition) is 1. The number of benzene rings is 6. The first-order valence-corrected chi connectivity index (χ1v) is 13.2. The van der Waals surface area contributed by atoms with Crippen molar-refractivity contribution in [2.45, 2.75) is 6.61 Å². The molecule has 6 rings (SSSR count). The molecule has 0 heterocycles. The van der Waals surface area contributed by atoms with E-state index in [1.807, 2.05) is 18.2 Å². The molecule has 0 unspecified atom stereocenters. The highest BCUT2D eigenvalue weighted by molar-refractivity contribution is 9.10. The van der Waals surface area contributed by atoms with Crippen molar-refractivity contribution in [1.82, 2.24) is 0 Å². The summed E-state index contributed by atoms with van der Waals surface area (Å²) in [5.74, 6) is 0.853. The third-order valence-corrected chi connectivity index (χ3v) is 7.41. The van der Waals surface area contributed by atoms with Gasteiger partial charge in [0.15, 0.2) is 0 Å². The second kappa shape index (κ2) is 10.5. The first-order valence-electron chi connectivity index (χ1n) is 12.4. The van der Waals surface area contributed by atoms with Gasteiger partial charge in [0.2, 0.25) is 0 Å². The number of hydrogen-bond donors (Lipinski definition) is 0. The van der Waals surface area contributed by atoms with Crippen LogP contribution in [0.25, 0.3) is 44.2 Å². The Labute approximate surface area is 226 Å². The van der Waals surface area contributed by atoms with Crippen molar-refractivity contribution in [3.8, 4) is 39.1 Å². The van der Waals surface area contributed by atoms with Crippen LogP contribution >= 0.6 is 15.9 Å². The Hall–Kier alpha value is -4.14. The molecule has 0 saturated heterocycles. The molecular formula is C35H25BrO. The van der Waals surface area contributed by atoms with Gasteiger partial charge in [-0.15, -0.1) is 0 Å². The second-order valence-electron chi connectivity index (χ2n) is 9.09. The van der Waals surface area contributed by atoms with E-state index < -0.39 is 0 Å². The highest BCUT2D eigenvalue weighted by Crippen LogP contribution is 2.44. The SMILES string of the molecule is Brc1c(OCc2ccccc2)c(-c2cc(-c3ccccc3)cc(-c3ccccc3)c2)cc2ccccc12. The standard InChI is InChI=1S/C35H25BrO/c36-34-32-19-11-10-18-28(32)23-33(35(34)37-24-25-12-4-1-5-13-25)31-21-29(26-14-6-2-7-15-26)20-30(22-31)27-16-8-3-9-17-27/h1-23H,24H2. The molecule has 178 valence electrons. The second-order valence-corrected chi connectivity index (χ2v) is 9.89. The Kier molecular flexibility index (Phi) is 6.58. The zero-order valence-electron chi connectivity index (χ0n) is 20.3. The fourth-order valence-electron chi connectivity index (χ4n) is 4.75. The van der Waals surface area contributed by atoms with Crippen molar-refractivity contribution in [3.05, 3.63) is 150 Å². The van der Waals surface area contributed by atoms with Gasteiger partial charge >= 0.3 is 0 Å². The molecule has 0 N–H and O–H groups in total. The van der Waals surface area contributed by atoms with Gasteiger partial charge in [-0.25, -0.2) is 0 Å². The van der Waals surface area contributed by atoms with Crippen LogP contribution in [0.3, 0.4) is 0 Å². The molecule has 0 aliphatic carbocycles. The summed E-state index contributed by atoms with van der Waals surface area (Å²) in [6, 6.07) is 48.9. The maximum Gasteiger partial charge on any atom is 0.142 e. The molecule has 37 heavy (non-hydrogen) atoms. The molecular weight excluding hydrogens is 516 g/mol. The van der Waals surface area contributed by atoms with E-state index in [0.717, 1.165) is 32.3 Å². The smallest absolute Gasteiger partial charge is 0.142 e. The van der Waals surface area contributed by atoms with Crippen LogP contribution in [0, 0.1) is 0 Å². The largest absolute Gasteiger partial charge is 0.487 e. The molecule has 0 saturated carbocycles. The Morgan fingerprint density at radius 1 is 0.486 bits per heavy atom. The third-order valence-electron chi connectivity index (χ3n) is 6.63. The highest BCUT2D eigenvalue weighted by Gasteiger charge is 2.17. The van der Waals surface area contributed by atoms with Crippen LogP contribution in [0.4, 0.5) is 0 Å². The van der Waals surface area contributed by atoms with E-state index >= 15 is 0 Å². The average molecular weight is 541 g/mol. The molecule has 0 fully saturated rings. The molecule has 0 amide bonds. The summed E-state index contributed by atoms with van der Waals surface area (Å²) in [6.07, 6.45) is 0. The van der Waals surface area contributed by atoms with Crippen LogP contribution in [0.1, 0.15) is 5.56 Å². The number of halogens is 1. The van der Waals surface area contributed by atoms with E-state index in [9.17, 15) is 0 Å². The lowest BCUT2D eigenvalue weighted by molar-refractivity contribution is 0.306. The Bertz CT molecular complexity index is 1600. The van der Waals surface area contributed by atoms with Crippen molar-refractivity contribution in [1.29, 1.82) is 0 Å². The van der Waals surface area contributed by atoms with E-state index in [1.165, 1.54) is 27.6 Å². The van der Waals surface area contributed by atoms with Gasteiger partial charge in [0, 0.05) is 5.56 Å². The zero-order chi connectivity index (χ0) is 25.0. The molecule has 0 radical (unpaired) electrons. The summed E-state index contributed by atoms with van der Waals surface area (Å²) in [7, 11) is 0. The Morgan fingerprint density at radius 2 is 1.00 bits per heavy atom. The van der Waals surface area contributed by atoms with Gasteiger partial charge in [0.05, 0.1) is 4.47 Å². The Balaban J connectivity index is 1.56. The molecule has 6 aromatic carbocycles. The van der Waals surface area contributed by atoms with Crippen LogP contribution in [0.15, 0.2) is 144 Å². The average Bonchev–Trinajstić information content (AvgIpc) is 2.98. The molecule has 1 nitrogen and oxygen atoms in total. The van der Waals surface area contributed by atoms with Crippen molar-refractivity contribution >= 4 is 26.7 Å². The number of fused-ring (bicyclic) bond motifs is 1. The predicted octanol–water partition coefficient (Wildman–Crippen LogP) is 10.2. The van der Waals surface area contributed by atoms with Crippen molar-refractivity contribution in [2.75, 3.05) is 0 Å². The van der Waals surface area contributed by atoms with Gasteiger partial charge < -0.3 is 4.74 Å². The van der Waals surface area contributed by atoms with Crippen LogP contribution in [0.2, 0.25) is 0 Å². The summed E-state index contributed by atoms with van der Waals surface area (Å²) in [5.41, 5.74) is 8.05. The van der Waals surface area contributed by atoms with E-state index in [-0.39, 0.29) is 0 Å². The first-order chi connectivity index (χ1) is 18.3. The minimum absolute atomic E-state index is 0.495. The fraction of sp³-hybridized carbons (Fsp3) is 0.0286. The summed E-state index contributed by atoms with van der Waals surface area (Å²) in [5, 5.41) is 2.31. The topological polar surface area (TPSA) is 9.23 Å². The zero-order valence-corrected chi connectivity index (χ0v) is 21.9. The number of rotatable bonds is 6. The molecule has 2 heteroatoms. The highest BCUT2D eigenvalue weighted by atomic mass is 79.9. The van der Waals surface area contributed by atoms with Gasteiger partial charge in [-0.3, -0.25) is 0 Å². The maximum atomic E-state index is 6.56. The lowest BCUT2D eigenvalue weighted by Gasteiger charge is -2.18. The van der Waals surface area contributed by atoms with Gasteiger partial charge in [-0.05, 0) is 84.3 Å². The van der Waals surface area contributed by atoms with Crippen molar-refractivity contribution in [2.24, 2.45) is 0 Å². The van der Waals surface area contributed by atoms with Gasteiger partial charge in [-0.1, -0.05) is 115 Å². The molecule has 0 bridgehead atoms. The molecule has 0 aliphatic heterocycles. The summed E-state index contributed by atoms with van der Waals surface area (Å²) in [4.78, 5) is 0. The summed E-state index contributed by atoms with van der Waals surface area (Å²) in [6.45, 7) is 0.495. The van der Waals surface area contributed by atoms with E-state index in [1.54, 1.807) is 0 Å². The molecule has 6 aromatic rings. The minimum Gasteiger partial charge on any atom is -0.487 e. The maximum absolute atomic E-state index is 6.56. The monoisotopic (exact) mass is 540 g/mol. The van der Waals surface area contributed by atoms with Crippen molar-refractivity contribution in [3.63, 3.8) is 0 Å². The predicted molar refractivity (Wildman–Crippen MR) is 159 cm³/mol. The van der Waals surface area contributed by atoms with E-state index in [0.29, 0.717) is 6.61 Å². The lowest BCUT2D eigenvalue weighted by Crippen LogP contribution is -1.99. The van der Waals surface area contributed by atoms with Gasteiger partial charge in [0.25, 0.3) is 0 Å². The first kappa shape index (κ1) is 23.3. The lowest BCUT2D eigenvalue weighted by atomic mass is 9.92. The van der Waals surface area contributed by atoms with Crippen LogP contribution < -0.4 is 4.74 Å². The van der Waals surface area contributed by atoms with Crippen LogP contribution in [0.5, 0.6) is 5.75 Å². The van der Waals surface area contributed by atoms with Crippen LogP contribution in [-0.2, 0) is 6.61 Å². The van der Waals surface area contributed by atoms with Gasteiger partial charge in [-0.2, -0.15) is 0 Å². The van der Waals surface area contributed by atoms with Crippen molar-refractivity contribution < 1.29 is 4.74 Å².